The summed E-state index contributed by atoms with van der Waals surface area (Å²) < 4.78 is 4.89. The van der Waals surface area contributed by atoms with Gasteiger partial charge in [-0.15, -0.1) is 0 Å². The topological polar surface area (TPSA) is 55.3 Å². The molecule has 0 amide bonds. The smallest absolute Gasteiger partial charge is 0.310 e. The van der Waals surface area contributed by atoms with Crippen LogP contribution >= 0.6 is 0 Å². The number of aryl methyl sites for hydroxylation is 1. The van der Waals surface area contributed by atoms with Crippen LogP contribution in [0.15, 0.2) is 48.8 Å². The SMILES string of the molecule is COC(=O)Cc1c(C)nc2ccccc2c1N(C)CCc1ccncc1. The Morgan fingerprint density at radius 3 is 2.62 bits per heavy atom. The number of ether oxygens (including phenoxy) is 1. The van der Waals surface area contributed by atoms with Crippen LogP contribution in [-0.4, -0.2) is 36.6 Å². The Balaban J connectivity index is 2.00. The average Bonchev–Trinajstić information content (AvgIpc) is 2.67. The molecule has 0 fully saturated rings. The highest BCUT2D eigenvalue weighted by Crippen LogP contribution is 2.32. The number of rotatable bonds is 6. The summed E-state index contributed by atoms with van der Waals surface area (Å²) in [6.45, 7) is 2.77. The van der Waals surface area contributed by atoms with Crippen LogP contribution < -0.4 is 4.90 Å². The molecule has 0 aliphatic heterocycles. The van der Waals surface area contributed by atoms with Gasteiger partial charge in [0.1, 0.15) is 0 Å². The number of aromatic nitrogens is 2. The van der Waals surface area contributed by atoms with Gasteiger partial charge in [0.25, 0.3) is 0 Å². The van der Waals surface area contributed by atoms with Crippen molar-refractivity contribution in [3.05, 3.63) is 65.6 Å². The molecule has 5 nitrogen and oxygen atoms in total. The van der Waals surface area contributed by atoms with Crippen LogP contribution in [0.5, 0.6) is 0 Å². The molecule has 0 atom stereocenters. The second-order valence-corrected chi connectivity index (χ2v) is 6.32. The number of fused-ring (bicyclic) bond motifs is 1. The Morgan fingerprint density at radius 2 is 1.88 bits per heavy atom. The summed E-state index contributed by atoms with van der Waals surface area (Å²) in [6, 6.07) is 12.1. The molecule has 2 heterocycles. The summed E-state index contributed by atoms with van der Waals surface area (Å²) in [4.78, 5) is 22.9. The lowest BCUT2D eigenvalue weighted by molar-refractivity contribution is -0.139. The fraction of sp³-hybridized carbons (Fsp3) is 0.286. The van der Waals surface area contributed by atoms with Gasteiger partial charge in [-0.1, -0.05) is 18.2 Å². The van der Waals surface area contributed by atoms with E-state index in [1.54, 1.807) is 0 Å². The number of para-hydroxylation sites is 1. The van der Waals surface area contributed by atoms with Gasteiger partial charge >= 0.3 is 5.97 Å². The van der Waals surface area contributed by atoms with Crippen LogP contribution in [0.1, 0.15) is 16.8 Å². The number of carbonyl (C=O) groups excluding carboxylic acids is 1. The molecule has 26 heavy (non-hydrogen) atoms. The number of pyridine rings is 2. The van der Waals surface area contributed by atoms with E-state index in [-0.39, 0.29) is 12.4 Å². The minimum atomic E-state index is -0.256. The number of hydrogen-bond donors (Lipinski definition) is 0. The molecule has 0 radical (unpaired) electrons. The molecule has 0 aliphatic carbocycles. The normalized spacial score (nSPS) is 10.7. The van der Waals surface area contributed by atoms with Gasteiger partial charge in [-0.3, -0.25) is 14.8 Å². The van der Waals surface area contributed by atoms with Crippen LogP contribution in [0.25, 0.3) is 10.9 Å². The largest absolute Gasteiger partial charge is 0.469 e. The van der Waals surface area contributed by atoms with E-state index in [0.29, 0.717) is 0 Å². The minimum Gasteiger partial charge on any atom is -0.469 e. The molecule has 0 saturated heterocycles. The van der Waals surface area contributed by atoms with Gasteiger partial charge in [-0.2, -0.15) is 0 Å². The monoisotopic (exact) mass is 349 g/mol. The van der Waals surface area contributed by atoms with E-state index in [1.807, 2.05) is 49.6 Å². The molecule has 0 aliphatic rings. The second kappa shape index (κ2) is 7.95. The molecule has 3 rings (SSSR count). The summed E-state index contributed by atoms with van der Waals surface area (Å²) in [6.07, 6.45) is 4.73. The number of esters is 1. The molecule has 2 aromatic heterocycles. The zero-order valence-electron chi connectivity index (χ0n) is 15.4. The molecule has 0 bridgehead atoms. The van der Waals surface area contributed by atoms with E-state index >= 15 is 0 Å². The van der Waals surface area contributed by atoms with Gasteiger partial charge in [-0.05, 0) is 37.1 Å². The first-order valence-corrected chi connectivity index (χ1v) is 8.65. The van der Waals surface area contributed by atoms with Gasteiger partial charge < -0.3 is 9.64 Å². The summed E-state index contributed by atoms with van der Waals surface area (Å²) >= 11 is 0. The van der Waals surface area contributed by atoms with Gasteiger partial charge in [-0.25, -0.2) is 0 Å². The van der Waals surface area contributed by atoms with Gasteiger partial charge in [0.05, 0.1) is 24.7 Å². The lowest BCUT2D eigenvalue weighted by Crippen LogP contribution is -2.23. The van der Waals surface area contributed by atoms with E-state index in [1.165, 1.54) is 12.7 Å². The van der Waals surface area contributed by atoms with Crippen molar-refractivity contribution in [2.45, 2.75) is 19.8 Å². The third-order valence-corrected chi connectivity index (χ3v) is 4.59. The van der Waals surface area contributed by atoms with E-state index in [4.69, 9.17) is 4.74 Å². The Kier molecular flexibility index (Phi) is 5.46. The van der Waals surface area contributed by atoms with Crippen molar-refractivity contribution in [2.75, 3.05) is 25.6 Å². The molecular weight excluding hydrogens is 326 g/mol. The van der Waals surface area contributed by atoms with Crippen molar-refractivity contribution in [3.8, 4) is 0 Å². The van der Waals surface area contributed by atoms with E-state index in [0.717, 1.165) is 40.8 Å². The predicted molar refractivity (Wildman–Crippen MR) is 103 cm³/mol. The number of carbonyl (C=O) groups is 1. The minimum absolute atomic E-state index is 0.217. The van der Waals surface area contributed by atoms with Crippen LogP contribution in [0.3, 0.4) is 0 Å². The summed E-state index contributed by atoms with van der Waals surface area (Å²) in [5.41, 5.74) is 5.00. The maximum absolute atomic E-state index is 11.9. The Labute approximate surface area is 153 Å². The number of nitrogens with zero attached hydrogens (tertiary/aromatic N) is 3. The maximum Gasteiger partial charge on any atom is 0.310 e. The van der Waals surface area contributed by atoms with Gasteiger partial charge in [0.15, 0.2) is 0 Å². The Morgan fingerprint density at radius 1 is 1.15 bits per heavy atom. The lowest BCUT2D eigenvalue weighted by atomic mass is 10.0. The van der Waals surface area contributed by atoms with Crippen LogP contribution in [-0.2, 0) is 22.4 Å². The average molecular weight is 349 g/mol. The second-order valence-electron chi connectivity index (χ2n) is 6.32. The molecule has 0 N–H and O–H groups in total. The Bertz CT molecular complexity index is 910. The zero-order chi connectivity index (χ0) is 18.5. The van der Waals surface area contributed by atoms with Crippen molar-refractivity contribution < 1.29 is 9.53 Å². The molecule has 0 unspecified atom stereocenters. The van der Waals surface area contributed by atoms with Crippen molar-refractivity contribution >= 4 is 22.6 Å². The number of benzene rings is 1. The predicted octanol–water partition coefficient (Wildman–Crippen LogP) is 3.33. The Hall–Kier alpha value is -2.95. The third kappa shape index (κ3) is 3.82. The van der Waals surface area contributed by atoms with Gasteiger partial charge in [0, 0.05) is 42.6 Å². The van der Waals surface area contributed by atoms with Crippen LogP contribution in [0.2, 0.25) is 0 Å². The van der Waals surface area contributed by atoms with E-state index in [2.05, 4.69) is 28.0 Å². The standard InChI is InChI=1S/C21H23N3O2/c1-15-18(14-20(25)26-3)21(17-6-4-5-7-19(17)23-15)24(2)13-10-16-8-11-22-12-9-16/h4-9,11-12H,10,13-14H2,1-3H3. The highest BCUT2D eigenvalue weighted by Gasteiger charge is 2.18. The zero-order valence-corrected chi connectivity index (χ0v) is 15.4. The summed E-state index contributed by atoms with van der Waals surface area (Å²) in [5.74, 6) is -0.256. The van der Waals surface area contributed by atoms with Crippen molar-refractivity contribution in [1.29, 1.82) is 0 Å². The van der Waals surface area contributed by atoms with Crippen LogP contribution in [0, 0.1) is 6.92 Å². The molecule has 0 spiro atoms. The first-order chi connectivity index (χ1) is 12.6. The quantitative estimate of drug-likeness (QED) is 0.639. The molecule has 1 aromatic carbocycles. The molecule has 3 aromatic rings. The number of hydrogen-bond acceptors (Lipinski definition) is 5. The third-order valence-electron chi connectivity index (χ3n) is 4.59. The number of likely N-dealkylation sites (N-methyl/N-ethyl adjacent to an activating group) is 1. The van der Waals surface area contributed by atoms with Crippen molar-refractivity contribution in [1.82, 2.24) is 9.97 Å². The van der Waals surface area contributed by atoms with Crippen molar-refractivity contribution in [3.63, 3.8) is 0 Å². The lowest BCUT2D eigenvalue weighted by Gasteiger charge is -2.25. The van der Waals surface area contributed by atoms with Gasteiger partial charge in [0.2, 0.25) is 0 Å². The molecule has 134 valence electrons. The summed E-state index contributed by atoms with van der Waals surface area (Å²) in [5, 5.41) is 1.05. The first-order valence-electron chi connectivity index (χ1n) is 8.65. The summed E-state index contributed by atoms with van der Waals surface area (Å²) in [7, 11) is 3.47. The van der Waals surface area contributed by atoms with E-state index in [9.17, 15) is 4.79 Å². The number of methoxy groups -OCH3 is 1. The molecule has 0 saturated carbocycles. The highest BCUT2D eigenvalue weighted by molar-refractivity contribution is 5.95. The highest BCUT2D eigenvalue weighted by atomic mass is 16.5. The molecule has 5 heteroatoms. The maximum atomic E-state index is 11.9. The fourth-order valence-electron chi connectivity index (χ4n) is 3.18. The fourth-order valence-corrected chi connectivity index (χ4v) is 3.18. The number of anilines is 1. The van der Waals surface area contributed by atoms with Crippen molar-refractivity contribution in [2.24, 2.45) is 0 Å². The van der Waals surface area contributed by atoms with Crippen LogP contribution in [0.4, 0.5) is 5.69 Å². The molecular formula is C21H23N3O2. The van der Waals surface area contributed by atoms with E-state index < -0.39 is 0 Å². The first kappa shape index (κ1) is 17.9.